The predicted octanol–water partition coefficient (Wildman–Crippen LogP) is 2.73. The van der Waals surface area contributed by atoms with Crippen molar-refractivity contribution in [1.82, 2.24) is 0 Å². The quantitative estimate of drug-likeness (QED) is 0.618. The van der Waals surface area contributed by atoms with Crippen LogP contribution in [0.5, 0.6) is 11.5 Å². The maximum absolute atomic E-state index is 5.10. The minimum absolute atomic E-state index is 0.0140. The summed E-state index contributed by atoms with van der Waals surface area (Å²) in [6.07, 6.45) is 0. The van der Waals surface area contributed by atoms with Gasteiger partial charge in [-0.2, -0.15) is 0 Å². The molecule has 0 fully saturated rings. The molecule has 0 aliphatic heterocycles. The van der Waals surface area contributed by atoms with Crippen molar-refractivity contribution in [2.24, 2.45) is 0 Å². The van der Waals surface area contributed by atoms with Crippen molar-refractivity contribution in [3.63, 3.8) is 0 Å². The Balaban J connectivity index is 1.92. The van der Waals surface area contributed by atoms with Crippen LogP contribution in [0.2, 0.25) is 0 Å². The van der Waals surface area contributed by atoms with E-state index in [-0.39, 0.29) is 15.0 Å². The van der Waals surface area contributed by atoms with E-state index in [0.717, 1.165) is 22.6 Å². The van der Waals surface area contributed by atoms with Crippen LogP contribution in [0.1, 0.15) is 11.1 Å². The summed E-state index contributed by atoms with van der Waals surface area (Å²) in [4.78, 5) is 6.21. The molecule has 3 heteroatoms. The first-order valence-corrected chi connectivity index (χ1v) is 7.99. The molecule has 2 aromatic carbocycles. The van der Waals surface area contributed by atoms with Gasteiger partial charge in [0.15, 0.2) is 0 Å². The van der Waals surface area contributed by atoms with E-state index in [4.69, 9.17) is 9.47 Å². The molecular weight excluding hydrogens is 327 g/mol. The van der Waals surface area contributed by atoms with Crippen LogP contribution in [0.15, 0.2) is 48.5 Å². The second-order valence-corrected chi connectivity index (χ2v) is 5.30. The minimum atomic E-state index is -0.0140. The van der Waals surface area contributed by atoms with Gasteiger partial charge in [-0.1, -0.05) is 0 Å². The molecule has 2 rings (SSSR count). The second kappa shape index (κ2) is 8.08. The number of hydrogen-bond acceptors (Lipinski definition) is 2. The second-order valence-electron chi connectivity index (χ2n) is 4.01. The van der Waals surface area contributed by atoms with Gasteiger partial charge < -0.3 is 0 Å². The Labute approximate surface area is 131 Å². The first-order chi connectivity index (χ1) is 10.3. The Bertz CT molecular complexity index is 632. The Hall–Kier alpha value is -2.32. The predicted molar refractivity (Wildman–Crippen MR) is 85.5 cm³/mol. The summed E-state index contributed by atoms with van der Waals surface area (Å²) in [5.74, 6) is 7.88. The molecule has 104 valence electrons. The van der Waals surface area contributed by atoms with Crippen molar-refractivity contribution >= 4 is 15.0 Å². The van der Waals surface area contributed by atoms with Crippen LogP contribution in [-0.4, -0.2) is 29.2 Å². The molecule has 0 atom stereocenters. The third-order valence-corrected chi connectivity index (χ3v) is 3.53. The molecule has 2 aromatic rings. The van der Waals surface area contributed by atoms with Gasteiger partial charge in [0.25, 0.3) is 0 Å². The van der Waals surface area contributed by atoms with Gasteiger partial charge in [0.1, 0.15) is 0 Å². The zero-order valence-corrected chi connectivity index (χ0v) is 13.6. The zero-order chi connectivity index (χ0) is 14.9. The fraction of sp³-hybridized carbons (Fsp3) is 0.111. The monoisotopic (exact) mass is 342 g/mol. The topological polar surface area (TPSA) is 18.5 Å². The summed E-state index contributed by atoms with van der Waals surface area (Å²) in [6.45, 7) is 0. The van der Waals surface area contributed by atoms with E-state index >= 15 is 0 Å². The Morgan fingerprint density at radius 2 is 1.05 bits per heavy atom. The van der Waals surface area contributed by atoms with Gasteiger partial charge in [0, 0.05) is 0 Å². The number of rotatable bonds is 2. The number of methoxy groups -OCH3 is 2. The zero-order valence-electron chi connectivity index (χ0n) is 11.8. The molecular formula is C18H14O2Se. The van der Waals surface area contributed by atoms with Crippen molar-refractivity contribution in [2.75, 3.05) is 14.2 Å². The molecule has 0 spiro atoms. The molecule has 0 unspecified atom stereocenters. The molecule has 21 heavy (non-hydrogen) atoms. The van der Waals surface area contributed by atoms with Crippen molar-refractivity contribution in [2.45, 2.75) is 0 Å². The molecule has 0 N–H and O–H groups in total. The fourth-order valence-corrected chi connectivity index (χ4v) is 2.36. The Kier molecular flexibility index (Phi) is 5.80. The molecule has 0 radical (unpaired) electrons. The SMILES string of the molecule is COc1ccc(C#C[Se]C#Cc2ccc(OC)cc2)cc1. The first kappa shape index (κ1) is 15.1. The van der Waals surface area contributed by atoms with Crippen molar-refractivity contribution < 1.29 is 9.47 Å². The summed E-state index contributed by atoms with van der Waals surface area (Å²) < 4.78 is 10.2. The van der Waals surface area contributed by atoms with Gasteiger partial charge in [-0.25, -0.2) is 0 Å². The Morgan fingerprint density at radius 3 is 1.38 bits per heavy atom. The third-order valence-electron chi connectivity index (χ3n) is 2.67. The number of benzene rings is 2. The molecule has 0 bridgehead atoms. The normalized spacial score (nSPS) is 8.86. The maximum atomic E-state index is 5.10. The number of hydrogen-bond donors (Lipinski definition) is 0. The summed E-state index contributed by atoms with van der Waals surface area (Å²) in [5.41, 5.74) is 1.95. The van der Waals surface area contributed by atoms with E-state index in [9.17, 15) is 0 Å². The van der Waals surface area contributed by atoms with Gasteiger partial charge in [-0.3, -0.25) is 0 Å². The van der Waals surface area contributed by atoms with Gasteiger partial charge >= 0.3 is 131 Å². The molecule has 0 aliphatic carbocycles. The average molecular weight is 341 g/mol. The van der Waals surface area contributed by atoms with E-state index in [1.54, 1.807) is 14.2 Å². The molecule has 0 aromatic heterocycles. The standard InChI is InChI=1S/C18H14O2Se/c1-19-17-7-3-15(4-8-17)11-13-21-14-12-16-5-9-18(20-2)10-6-16/h3-10H,1-2H3. The molecule has 2 nitrogen and oxygen atoms in total. The molecule has 0 saturated heterocycles. The molecule has 0 heterocycles. The summed E-state index contributed by atoms with van der Waals surface area (Å²) in [6, 6.07) is 15.4. The van der Waals surface area contributed by atoms with Gasteiger partial charge in [-0.15, -0.1) is 0 Å². The van der Waals surface area contributed by atoms with Crippen LogP contribution in [0.3, 0.4) is 0 Å². The van der Waals surface area contributed by atoms with Crippen LogP contribution < -0.4 is 9.47 Å². The van der Waals surface area contributed by atoms with E-state index in [1.807, 2.05) is 48.5 Å². The van der Waals surface area contributed by atoms with Gasteiger partial charge in [0.2, 0.25) is 0 Å². The van der Waals surface area contributed by atoms with Gasteiger partial charge in [-0.05, 0) is 0 Å². The van der Waals surface area contributed by atoms with Crippen molar-refractivity contribution in [3.8, 4) is 33.0 Å². The van der Waals surface area contributed by atoms with E-state index in [0.29, 0.717) is 0 Å². The number of ether oxygens (including phenoxy) is 2. The van der Waals surface area contributed by atoms with E-state index in [1.165, 1.54) is 0 Å². The Morgan fingerprint density at radius 1 is 0.667 bits per heavy atom. The van der Waals surface area contributed by atoms with Crippen LogP contribution in [0, 0.1) is 21.5 Å². The van der Waals surface area contributed by atoms with Crippen LogP contribution in [0.4, 0.5) is 0 Å². The average Bonchev–Trinajstić information content (AvgIpc) is 2.55. The van der Waals surface area contributed by atoms with E-state index in [2.05, 4.69) is 21.5 Å². The van der Waals surface area contributed by atoms with Crippen molar-refractivity contribution in [1.29, 1.82) is 0 Å². The molecule has 0 saturated carbocycles. The first-order valence-electron chi connectivity index (χ1n) is 6.28. The van der Waals surface area contributed by atoms with Crippen LogP contribution in [0.25, 0.3) is 0 Å². The summed E-state index contributed by atoms with van der Waals surface area (Å²) in [7, 11) is 3.30. The molecule has 0 amide bonds. The van der Waals surface area contributed by atoms with Crippen molar-refractivity contribution in [3.05, 3.63) is 59.7 Å². The van der Waals surface area contributed by atoms with Crippen LogP contribution in [-0.2, 0) is 0 Å². The third kappa shape index (κ3) is 4.93. The fourth-order valence-electron chi connectivity index (χ4n) is 1.54. The van der Waals surface area contributed by atoms with Gasteiger partial charge in [0.05, 0.1) is 0 Å². The van der Waals surface area contributed by atoms with Crippen LogP contribution >= 0.6 is 0 Å². The summed E-state index contributed by atoms with van der Waals surface area (Å²) in [5, 5.41) is 0. The summed E-state index contributed by atoms with van der Waals surface area (Å²) >= 11 is -0.0140. The van der Waals surface area contributed by atoms with E-state index < -0.39 is 0 Å². The molecule has 0 aliphatic rings.